The predicted octanol–water partition coefficient (Wildman–Crippen LogP) is 5.22. The van der Waals surface area contributed by atoms with Gasteiger partial charge in [0.15, 0.2) is 11.9 Å². The number of hydrogen-bond acceptors (Lipinski definition) is 7. The molecule has 1 aliphatic carbocycles. The molecule has 4 saturated heterocycles. The van der Waals surface area contributed by atoms with E-state index in [0.29, 0.717) is 22.9 Å². The van der Waals surface area contributed by atoms with Crippen LogP contribution in [0.15, 0.2) is 48.5 Å². The molecular formula is C29H33NO8. The van der Waals surface area contributed by atoms with Crippen LogP contribution in [0.5, 0.6) is 5.75 Å². The topological polar surface area (TPSA) is 113 Å². The van der Waals surface area contributed by atoms with Crippen molar-refractivity contribution in [3.63, 3.8) is 0 Å². The SMILES string of the molecule is C[C@H]1[C@@H](Oc2ccc(C(=O)Nc3ccc(C(=O)O)cc3)cc2)O[C@@H]2O[C@@]3(C)CC[C@H]4[C@H](C)CC[C@@H]1[C@@]24OO3. The summed E-state index contributed by atoms with van der Waals surface area (Å²) in [5, 5.41) is 11.8. The average molecular weight is 524 g/mol. The molecule has 4 aliphatic heterocycles. The highest BCUT2D eigenvalue weighted by Gasteiger charge is 2.69. The summed E-state index contributed by atoms with van der Waals surface area (Å²) in [7, 11) is 0. The van der Waals surface area contributed by atoms with E-state index in [1.54, 1.807) is 36.4 Å². The highest BCUT2D eigenvalue weighted by molar-refractivity contribution is 6.04. The molecule has 8 atom stereocenters. The van der Waals surface area contributed by atoms with Gasteiger partial charge in [-0.05, 0) is 86.6 Å². The van der Waals surface area contributed by atoms with Gasteiger partial charge in [0, 0.05) is 29.5 Å². The summed E-state index contributed by atoms with van der Waals surface area (Å²) < 4.78 is 19.2. The van der Waals surface area contributed by atoms with E-state index in [4.69, 9.17) is 29.1 Å². The number of anilines is 1. The second-order valence-corrected chi connectivity index (χ2v) is 11.3. The molecule has 5 fully saturated rings. The lowest BCUT2D eigenvalue weighted by Gasteiger charge is -2.60. The Kier molecular flexibility index (Phi) is 6.22. The van der Waals surface area contributed by atoms with E-state index < -0.39 is 29.9 Å². The zero-order valence-electron chi connectivity index (χ0n) is 21.7. The molecule has 1 saturated carbocycles. The molecule has 0 radical (unpaired) electrons. The fraction of sp³-hybridized carbons (Fsp3) is 0.517. The van der Waals surface area contributed by atoms with Crippen LogP contribution in [0.4, 0.5) is 5.69 Å². The van der Waals surface area contributed by atoms with Gasteiger partial charge < -0.3 is 24.6 Å². The first kappa shape index (κ1) is 25.3. The third-order valence-corrected chi connectivity index (χ3v) is 8.86. The Morgan fingerprint density at radius 3 is 2.37 bits per heavy atom. The number of benzene rings is 2. The second kappa shape index (κ2) is 9.34. The maximum absolute atomic E-state index is 12.7. The summed E-state index contributed by atoms with van der Waals surface area (Å²) in [6.45, 7) is 6.32. The molecule has 2 bridgehead atoms. The lowest BCUT2D eigenvalue weighted by Crippen LogP contribution is -2.70. The molecule has 2 aromatic carbocycles. The number of carbonyl (C=O) groups is 2. The lowest BCUT2D eigenvalue weighted by atomic mass is 9.58. The summed E-state index contributed by atoms with van der Waals surface area (Å²) in [5.41, 5.74) is 0.472. The summed E-state index contributed by atoms with van der Waals surface area (Å²) in [6, 6.07) is 12.9. The van der Waals surface area contributed by atoms with Crippen LogP contribution in [0.3, 0.4) is 0 Å². The molecule has 7 rings (SSSR count). The standard InChI is InChI=1S/C29H33NO8/c1-16-4-13-23-17(2)26(35-27-29(23)22(16)14-15-28(3,36-27)37-38-29)34-21-11-7-18(8-12-21)24(31)30-20-9-5-19(6-10-20)25(32)33/h5-12,16-17,22-23,26-27H,4,13-15H2,1-3H3,(H,30,31)(H,32,33)/t16-,17-,22+,23+,26+,27-,28-,29-/m1/s1. The molecule has 4 heterocycles. The summed E-state index contributed by atoms with van der Waals surface area (Å²) in [4.78, 5) is 35.8. The van der Waals surface area contributed by atoms with Gasteiger partial charge in [-0.1, -0.05) is 13.8 Å². The van der Waals surface area contributed by atoms with Crippen molar-refractivity contribution < 1.29 is 38.7 Å². The molecule has 1 amide bonds. The number of nitrogens with one attached hydrogen (secondary N) is 1. The lowest BCUT2D eigenvalue weighted by molar-refractivity contribution is -0.575. The number of carboxylic acids is 1. The Labute approximate surface area is 221 Å². The average Bonchev–Trinajstić information content (AvgIpc) is 3.13. The molecule has 202 valence electrons. The van der Waals surface area contributed by atoms with Crippen molar-refractivity contribution in [1.29, 1.82) is 0 Å². The van der Waals surface area contributed by atoms with Crippen molar-refractivity contribution in [3.05, 3.63) is 59.7 Å². The Morgan fingerprint density at radius 2 is 1.66 bits per heavy atom. The van der Waals surface area contributed by atoms with Gasteiger partial charge >= 0.3 is 5.97 Å². The number of carbonyl (C=O) groups excluding carboxylic acids is 1. The first-order valence-electron chi connectivity index (χ1n) is 13.3. The molecule has 5 aliphatic rings. The first-order chi connectivity index (χ1) is 18.2. The van der Waals surface area contributed by atoms with Gasteiger partial charge in [-0.15, -0.1) is 0 Å². The van der Waals surface area contributed by atoms with Crippen LogP contribution < -0.4 is 10.1 Å². The van der Waals surface area contributed by atoms with Crippen molar-refractivity contribution >= 4 is 17.6 Å². The van der Waals surface area contributed by atoms with Crippen molar-refractivity contribution in [2.45, 2.75) is 70.4 Å². The molecule has 38 heavy (non-hydrogen) atoms. The third-order valence-electron chi connectivity index (χ3n) is 8.86. The molecule has 2 N–H and O–H groups in total. The summed E-state index contributed by atoms with van der Waals surface area (Å²) in [5.74, 6) is -0.606. The number of rotatable bonds is 5. The number of ether oxygens (including phenoxy) is 3. The van der Waals surface area contributed by atoms with Gasteiger partial charge in [0.1, 0.15) is 5.75 Å². The second-order valence-electron chi connectivity index (χ2n) is 11.3. The first-order valence-corrected chi connectivity index (χ1v) is 13.3. The molecule has 1 spiro atoms. The number of aromatic carboxylic acids is 1. The third kappa shape index (κ3) is 4.18. The minimum absolute atomic E-state index is 0.0349. The number of amides is 1. The molecule has 0 unspecified atom stereocenters. The van der Waals surface area contributed by atoms with E-state index in [2.05, 4.69) is 19.2 Å². The van der Waals surface area contributed by atoms with Crippen LogP contribution in [0, 0.1) is 23.7 Å². The van der Waals surface area contributed by atoms with E-state index in [0.717, 1.165) is 25.7 Å². The Balaban J connectivity index is 1.16. The monoisotopic (exact) mass is 523 g/mol. The highest BCUT2D eigenvalue weighted by Crippen LogP contribution is 2.60. The van der Waals surface area contributed by atoms with Crippen molar-refractivity contribution in [2.24, 2.45) is 23.7 Å². The summed E-state index contributed by atoms with van der Waals surface area (Å²) >= 11 is 0. The van der Waals surface area contributed by atoms with Gasteiger partial charge in [0.2, 0.25) is 12.1 Å². The fourth-order valence-electron chi connectivity index (χ4n) is 6.73. The highest BCUT2D eigenvalue weighted by atomic mass is 17.3. The van der Waals surface area contributed by atoms with Gasteiger partial charge in [-0.3, -0.25) is 4.79 Å². The van der Waals surface area contributed by atoms with E-state index in [1.165, 1.54) is 12.1 Å². The van der Waals surface area contributed by atoms with Gasteiger partial charge in [-0.25, -0.2) is 14.6 Å². The van der Waals surface area contributed by atoms with Crippen LogP contribution in [-0.2, 0) is 19.2 Å². The molecular weight excluding hydrogens is 490 g/mol. The molecule has 0 aromatic heterocycles. The van der Waals surface area contributed by atoms with Gasteiger partial charge in [0.25, 0.3) is 5.91 Å². The van der Waals surface area contributed by atoms with Crippen molar-refractivity contribution in [3.8, 4) is 5.75 Å². The maximum atomic E-state index is 12.7. The van der Waals surface area contributed by atoms with Crippen LogP contribution in [0.25, 0.3) is 0 Å². The Bertz CT molecular complexity index is 1220. The number of fused-ring (bicyclic) bond motifs is 2. The minimum Gasteiger partial charge on any atom is -0.478 e. The summed E-state index contributed by atoms with van der Waals surface area (Å²) in [6.07, 6.45) is 2.70. The smallest absolute Gasteiger partial charge is 0.335 e. The van der Waals surface area contributed by atoms with Crippen LogP contribution >= 0.6 is 0 Å². The van der Waals surface area contributed by atoms with Crippen molar-refractivity contribution in [1.82, 2.24) is 0 Å². The molecule has 9 nitrogen and oxygen atoms in total. The number of carboxylic acid groups (broad SMARTS) is 1. The van der Waals surface area contributed by atoms with Crippen molar-refractivity contribution in [2.75, 3.05) is 5.32 Å². The number of hydrogen-bond donors (Lipinski definition) is 2. The zero-order valence-corrected chi connectivity index (χ0v) is 21.7. The van der Waals surface area contributed by atoms with Gasteiger partial charge in [-0.2, -0.15) is 0 Å². The normalized spacial score (nSPS) is 37.6. The van der Waals surface area contributed by atoms with Crippen LogP contribution in [0.2, 0.25) is 0 Å². The van der Waals surface area contributed by atoms with E-state index in [1.807, 2.05) is 6.92 Å². The van der Waals surface area contributed by atoms with Crippen LogP contribution in [0.1, 0.15) is 67.2 Å². The Morgan fingerprint density at radius 1 is 0.947 bits per heavy atom. The van der Waals surface area contributed by atoms with E-state index >= 15 is 0 Å². The van der Waals surface area contributed by atoms with Gasteiger partial charge in [0.05, 0.1) is 5.56 Å². The van der Waals surface area contributed by atoms with E-state index in [-0.39, 0.29) is 29.2 Å². The minimum atomic E-state index is -1.02. The molecule has 9 heteroatoms. The largest absolute Gasteiger partial charge is 0.478 e. The maximum Gasteiger partial charge on any atom is 0.335 e. The Hall–Kier alpha value is -2.98. The van der Waals surface area contributed by atoms with Crippen LogP contribution in [-0.4, -0.2) is 41.0 Å². The quantitative estimate of drug-likeness (QED) is 0.513. The zero-order chi connectivity index (χ0) is 26.7. The molecule has 2 aromatic rings. The predicted molar refractivity (Wildman–Crippen MR) is 135 cm³/mol. The van der Waals surface area contributed by atoms with E-state index in [9.17, 15) is 9.59 Å². The fourth-order valence-corrected chi connectivity index (χ4v) is 6.73.